The largest absolute Gasteiger partial charge is 0.466 e. The normalized spacial score (nSPS) is 12.3. The van der Waals surface area contributed by atoms with Crippen molar-refractivity contribution < 1.29 is 19.4 Å². The predicted molar refractivity (Wildman–Crippen MR) is 68.1 cm³/mol. The summed E-state index contributed by atoms with van der Waals surface area (Å²) in [6, 6.07) is 0. The molecule has 0 spiro atoms. The SMILES string of the molecule is CCOC(=O)CCCNC(=O)CN(C)CC(C)O. The van der Waals surface area contributed by atoms with Gasteiger partial charge in [-0.05, 0) is 27.3 Å². The van der Waals surface area contributed by atoms with E-state index in [1.54, 1.807) is 25.8 Å². The summed E-state index contributed by atoms with van der Waals surface area (Å²) >= 11 is 0. The monoisotopic (exact) mass is 260 g/mol. The first-order valence-electron chi connectivity index (χ1n) is 6.24. The zero-order chi connectivity index (χ0) is 14.0. The highest BCUT2D eigenvalue weighted by molar-refractivity contribution is 5.78. The fourth-order valence-electron chi connectivity index (χ4n) is 1.51. The van der Waals surface area contributed by atoms with E-state index in [1.165, 1.54) is 0 Å². The average Bonchev–Trinajstić information content (AvgIpc) is 2.23. The third-order valence-electron chi connectivity index (χ3n) is 2.17. The van der Waals surface area contributed by atoms with Crippen LogP contribution in [0.4, 0.5) is 0 Å². The molecular weight excluding hydrogens is 236 g/mol. The first-order chi connectivity index (χ1) is 8.45. The number of nitrogens with zero attached hydrogens (tertiary/aromatic N) is 1. The Morgan fingerprint density at radius 1 is 1.44 bits per heavy atom. The van der Waals surface area contributed by atoms with E-state index >= 15 is 0 Å². The van der Waals surface area contributed by atoms with Gasteiger partial charge in [0.15, 0.2) is 0 Å². The molecule has 0 bridgehead atoms. The molecular formula is C12H24N2O4. The molecule has 6 nitrogen and oxygen atoms in total. The van der Waals surface area contributed by atoms with E-state index in [1.807, 2.05) is 0 Å². The molecule has 0 aromatic heterocycles. The van der Waals surface area contributed by atoms with Gasteiger partial charge < -0.3 is 15.2 Å². The molecule has 0 aromatic rings. The summed E-state index contributed by atoms with van der Waals surface area (Å²) < 4.78 is 4.77. The Kier molecular flexibility index (Phi) is 9.22. The maximum Gasteiger partial charge on any atom is 0.305 e. The lowest BCUT2D eigenvalue weighted by molar-refractivity contribution is -0.143. The topological polar surface area (TPSA) is 78.9 Å². The minimum absolute atomic E-state index is 0.109. The number of nitrogens with one attached hydrogen (secondary N) is 1. The number of aliphatic hydroxyl groups is 1. The van der Waals surface area contributed by atoms with Crippen LogP contribution < -0.4 is 5.32 Å². The second-order valence-electron chi connectivity index (χ2n) is 4.30. The van der Waals surface area contributed by atoms with Crippen molar-refractivity contribution in [2.24, 2.45) is 0 Å². The molecule has 0 aliphatic rings. The van der Waals surface area contributed by atoms with Crippen molar-refractivity contribution in [3.8, 4) is 0 Å². The molecule has 18 heavy (non-hydrogen) atoms. The second-order valence-corrected chi connectivity index (χ2v) is 4.30. The van der Waals surface area contributed by atoms with E-state index in [0.29, 0.717) is 32.5 Å². The van der Waals surface area contributed by atoms with E-state index in [2.05, 4.69) is 5.32 Å². The molecule has 2 N–H and O–H groups in total. The van der Waals surface area contributed by atoms with Gasteiger partial charge in [0.2, 0.25) is 5.91 Å². The van der Waals surface area contributed by atoms with Gasteiger partial charge in [0, 0.05) is 19.5 Å². The molecule has 1 unspecified atom stereocenters. The smallest absolute Gasteiger partial charge is 0.305 e. The second kappa shape index (κ2) is 9.85. The van der Waals surface area contributed by atoms with Gasteiger partial charge in [-0.2, -0.15) is 0 Å². The summed E-state index contributed by atoms with van der Waals surface area (Å²) in [5.41, 5.74) is 0. The molecule has 1 amide bonds. The van der Waals surface area contributed by atoms with E-state index in [0.717, 1.165) is 0 Å². The highest BCUT2D eigenvalue weighted by atomic mass is 16.5. The molecule has 0 heterocycles. The fraction of sp³-hybridized carbons (Fsp3) is 0.833. The Balaban J connectivity index is 3.56. The number of carbonyl (C=O) groups excluding carboxylic acids is 2. The number of hydrogen-bond acceptors (Lipinski definition) is 5. The van der Waals surface area contributed by atoms with Crippen LogP contribution in [0.25, 0.3) is 0 Å². The summed E-state index contributed by atoms with van der Waals surface area (Å²) in [6.45, 7) is 4.97. The Hall–Kier alpha value is -1.14. The molecule has 1 atom stereocenters. The number of hydrogen-bond donors (Lipinski definition) is 2. The van der Waals surface area contributed by atoms with Crippen LogP contribution in [-0.4, -0.2) is 61.3 Å². The van der Waals surface area contributed by atoms with Crippen molar-refractivity contribution in [3.63, 3.8) is 0 Å². The molecule has 6 heteroatoms. The Morgan fingerprint density at radius 3 is 2.67 bits per heavy atom. The molecule has 0 saturated carbocycles. The predicted octanol–water partition coefficient (Wildman–Crippen LogP) is -0.241. The van der Waals surface area contributed by atoms with E-state index in [4.69, 9.17) is 9.84 Å². The molecule has 0 aliphatic carbocycles. The van der Waals surface area contributed by atoms with Crippen LogP contribution in [0.1, 0.15) is 26.7 Å². The molecule has 0 aromatic carbocycles. The van der Waals surface area contributed by atoms with Crippen molar-refractivity contribution in [1.29, 1.82) is 0 Å². The maximum atomic E-state index is 11.5. The highest BCUT2D eigenvalue weighted by Crippen LogP contribution is 1.92. The minimum atomic E-state index is -0.452. The summed E-state index contributed by atoms with van der Waals surface area (Å²) in [5.74, 6) is -0.347. The molecule has 0 saturated heterocycles. The molecule has 106 valence electrons. The zero-order valence-corrected chi connectivity index (χ0v) is 11.4. The van der Waals surface area contributed by atoms with Crippen LogP contribution in [0.3, 0.4) is 0 Å². The third kappa shape index (κ3) is 10.0. The average molecular weight is 260 g/mol. The third-order valence-corrected chi connectivity index (χ3v) is 2.17. The number of rotatable bonds is 9. The minimum Gasteiger partial charge on any atom is -0.466 e. The van der Waals surface area contributed by atoms with Crippen LogP contribution in [0.15, 0.2) is 0 Å². The Morgan fingerprint density at radius 2 is 2.11 bits per heavy atom. The Bertz CT molecular complexity index is 256. The number of ether oxygens (including phenoxy) is 1. The van der Waals surface area contributed by atoms with Gasteiger partial charge in [0.25, 0.3) is 0 Å². The summed E-state index contributed by atoms with van der Waals surface area (Å²) in [5, 5.41) is 11.9. The molecule has 0 radical (unpaired) electrons. The van der Waals surface area contributed by atoms with Crippen LogP contribution in [0.5, 0.6) is 0 Å². The van der Waals surface area contributed by atoms with Gasteiger partial charge >= 0.3 is 5.97 Å². The number of carbonyl (C=O) groups is 2. The van der Waals surface area contributed by atoms with Crippen LogP contribution >= 0.6 is 0 Å². The summed E-state index contributed by atoms with van der Waals surface area (Å²) in [7, 11) is 1.77. The van der Waals surface area contributed by atoms with Crippen molar-refractivity contribution in [1.82, 2.24) is 10.2 Å². The standard InChI is InChI=1S/C12H24N2O4/c1-4-18-12(17)6-5-7-13-11(16)9-14(3)8-10(2)15/h10,15H,4-9H2,1-3H3,(H,13,16). The lowest BCUT2D eigenvalue weighted by Crippen LogP contribution is -2.38. The highest BCUT2D eigenvalue weighted by Gasteiger charge is 2.08. The van der Waals surface area contributed by atoms with Gasteiger partial charge in [-0.25, -0.2) is 0 Å². The maximum absolute atomic E-state index is 11.5. The quantitative estimate of drug-likeness (QED) is 0.442. The van der Waals surface area contributed by atoms with Crippen molar-refractivity contribution in [2.45, 2.75) is 32.8 Å². The first-order valence-corrected chi connectivity index (χ1v) is 6.24. The van der Waals surface area contributed by atoms with Crippen molar-refractivity contribution >= 4 is 11.9 Å². The van der Waals surface area contributed by atoms with Crippen molar-refractivity contribution in [2.75, 3.05) is 33.3 Å². The van der Waals surface area contributed by atoms with E-state index in [9.17, 15) is 9.59 Å². The van der Waals surface area contributed by atoms with Gasteiger partial charge in [0.1, 0.15) is 0 Å². The lowest BCUT2D eigenvalue weighted by Gasteiger charge is -2.17. The van der Waals surface area contributed by atoms with Gasteiger partial charge in [-0.15, -0.1) is 0 Å². The summed E-state index contributed by atoms with van der Waals surface area (Å²) in [6.07, 6.45) is 0.439. The fourth-order valence-corrected chi connectivity index (χ4v) is 1.51. The number of amides is 1. The van der Waals surface area contributed by atoms with Gasteiger partial charge in [-0.1, -0.05) is 0 Å². The van der Waals surface area contributed by atoms with Crippen LogP contribution in [-0.2, 0) is 14.3 Å². The van der Waals surface area contributed by atoms with Crippen LogP contribution in [0.2, 0.25) is 0 Å². The number of likely N-dealkylation sites (N-methyl/N-ethyl adjacent to an activating group) is 1. The van der Waals surface area contributed by atoms with E-state index < -0.39 is 6.10 Å². The summed E-state index contributed by atoms with van der Waals surface area (Å²) in [4.78, 5) is 24.2. The number of esters is 1. The van der Waals surface area contributed by atoms with E-state index in [-0.39, 0.29) is 18.4 Å². The number of aliphatic hydroxyl groups excluding tert-OH is 1. The van der Waals surface area contributed by atoms with Crippen molar-refractivity contribution in [3.05, 3.63) is 0 Å². The van der Waals surface area contributed by atoms with Gasteiger partial charge in [-0.3, -0.25) is 14.5 Å². The molecule has 0 aliphatic heterocycles. The Labute approximate surface area is 108 Å². The van der Waals surface area contributed by atoms with Crippen LogP contribution in [0, 0.1) is 0 Å². The lowest BCUT2D eigenvalue weighted by atomic mass is 10.3. The molecule has 0 rings (SSSR count). The van der Waals surface area contributed by atoms with Gasteiger partial charge in [0.05, 0.1) is 19.3 Å². The zero-order valence-electron chi connectivity index (χ0n) is 11.4. The first kappa shape index (κ1) is 16.9. The molecule has 0 fully saturated rings.